The number of nitrogens with zero attached hydrogens (tertiary/aromatic N) is 3. The second-order valence-corrected chi connectivity index (χ2v) is 17.4. The van der Waals surface area contributed by atoms with Crippen LogP contribution in [-0.4, -0.2) is 16.1 Å². The van der Waals surface area contributed by atoms with Crippen molar-refractivity contribution in [2.45, 2.75) is 19.4 Å². The van der Waals surface area contributed by atoms with Crippen LogP contribution in [0.3, 0.4) is 0 Å². The number of rotatable bonds is 5. The normalized spacial score (nSPS) is 15.9. The lowest BCUT2D eigenvalue weighted by Crippen LogP contribution is -2.28. The van der Waals surface area contributed by atoms with Gasteiger partial charge in [0.1, 0.15) is 5.58 Å². The number of hydrogen-bond acceptors (Lipinski definition) is 4. The summed E-state index contributed by atoms with van der Waals surface area (Å²) in [5.74, 6) is 0.762. The lowest BCUT2D eigenvalue weighted by molar-refractivity contribution is 0.533. The number of hydrogen-bond donors (Lipinski definition) is 0. The predicted octanol–water partition coefficient (Wildman–Crippen LogP) is 15.4. The van der Waals surface area contributed by atoms with E-state index in [1.54, 1.807) is 0 Å². The Morgan fingerprint density at radius 3 is 2.11 bits per heavy atom. The van der Waals surface area contributed by atoms with E-state index in [2.05, 4.69) is 193 Å². The van der Waals surface area contributed by atoms with Crippen molar-refractivity contribution in [1.29, 1.82) is 0 Å². The van der Waals surface area contributed by atoms with Crippen LogP contribution in [0.2, 0.25) is 0 Å². The summed E-state index contributed by atoms with van der Waals surface area (Å²) in [6, 6.07) is 65.6. The third-order valence-electron chi connectivity index (χ3n) is 13.0. The van der Waals surface area contributed by atoms with Gasteiger partial charge in [-0.05, 0) is 76.7 Å². The van der Waals surface area contributed by atoms with E-state index >= 15 is 0 Å². The van der Waals surface area contributed by atoms with Gasteiger partial charge in [-0.1, -0.05) is 140 Å². The molecular weight excluding hydrogens is 763 g/mol. The van der Waals surface area contributed by atoms with Gasteiger partial charge in [-0.25, -0.2) is 4.99 Å². The molecule has 13 rings (SSSR count). The van der Waals surface area contributed by atoms with Gasteiger partial charge < -0.3 is 8.98 Å². The van der Waals surface area contributed by atoms with Crippen LogP contribution >= 0.6 is 11.3 Å². The SMILES string of the molecule is CCC1C(c2cccc3sc4ccccc4c23)=NC(c2ccccc2)=NC1c1cc(-n2c3ccccc3c3cc4ccccc4cc32)c2oc3c4ccccc4ccc3c2c1. The summed E-state index contributed by atoms with van der Waals surface area (Å²) in [7, 11) is 0. The minimum atomic E-state index is -0.227. The fourth-order valence-electron chi connectivity index (χ4n) is 10.2. The molecular formula is C56H37N3OS. The average molecular weight is 800 g/mol. The summed E-state index contributed by atoms with van der Waals surface area (Å²) in [5, 5.41) is 11.8. The van der Waals surface area contributed by atoms with E-state index in [0.29, 0.717) is 0 Å². The first-order valence-corrected chi connectivity index (χ1v) is 21.9. The molecule has 288 valence electrons. The Morgan fingerprint density at radius 2 is 1.26 bits per heavy atom. The Hall–Kier alpha value is -7.34. The third kappa shape index (κ3) is 5.17. The molecule has 0 fully saturated rings. The smallest absolute Gasteiger partial charge is 0.159 e. The summed E-state index contributed by atoms with van der Waals surface area (Å²) in [4.78, 5) is 11.2. The molecule has 0 radical (unpaired) electrons. The second-order valence-electron chi connectivity index (χ2n) is 16.3. The number of amidine groups is 1. The Balaban J connectivity index is 1.13. The lowest BCUT2D eigenvalue weighted by atomic mass is 9.81. The first-order valence-electron chi connectivity index (χ1n) is 21.1. The zero-order chi connectivity index (χ0) is 40.2. The van der Waals surface area contributed by atoms with Crippen molar-refractivity contribution in [3.05, 3.63) is 199 Å². The second kappa shape index (κ2) is 13.3. The van der Waals surface area contributed by atoms with Crippen LogP contribution in [0, 0.1) is 5.92 Å². The summed E-state index contributed by atoms with van der Waals surface area (Å²) in [6.07, 6.45) is 0.860. The minimum Gasteiger partial charge on any atom is -0.453 e. The van der Waals surface area contributed by atoms with E-state index in [4.69, 9.17) is 14.4 Å². The molecule has 0 N–H and O–H groups in total. The van der Waals surface area contributed by atoms with E-state index < -0.39 is 0 Å². The minimum absolute atomic E-state index is 0.00288. The molecule has 3 aromatic heterocycles. The van der Waals surface area contributed by atoms with Crippen LogP contribution in [0.15, 0.2) is 196 Å². The van der Waals surface area contributed by atoms with E-state index in [9.17, 15) is 0 Å². The van der Waals surface area contributed by atoms with Gasteiger partial charge in [-0.15, -0.1) is 11.3 Å². The molecule has 1 aliphatic rings. The molecule has 0 saturated heterocycles. The highest BCUT2D eigenvalue weighted by Crippen LogP contribution is 2.46. The number of aliphatic imine (C=N–C) groups is 2. The number of para-hydroxylation sites is 1. The summed E-state index contributed by atoms with van der Waals surface area (Å²) >= 11 is 1.85. The van der Waals surface area contributed by atoms with Crippen LogP contribution in [0.4, 0.5) is 0 Å². The van der Waals surface area contributed by atoms with Gasteiger partial charge in [0.25, 0.3) is 0 Å². The summed E-state index contributed by atoms with van der Waals surface area (Å²) in [5.41, 5.74) is 9.48. The molecule has 0 aliphatic carbocycles. The molecule has 4 heterocycles. The first kappa shape index (κ1) is 34.5. The highest BCUT2D eigenvalue weighted by molar-refractivity contribution is 7.25. The van der Waals surface area contributed by atoms with Crippen molar-refractivity contribution in [3.8, 4) is 5.69 Å². The van der Waals surface area contributed by atoms with Gasteiger partial charge in [0.05, 0.1) is 28.5 Å². The van der Waals surface area contributed by atoms with Gasteiger partial charge in [-0.3, -0.25) is 4.99 Å². The van der Waals surface area contributed by atoms with Crippen molar-refractivity contribution in [3.63, 3.8) is 0 Å². The molecule has 12 aromatic rings. The molecule has 5 heteroatoms. The van der Waals surface area contributed by atoms with Crippen LogP contribution < -0.4 is 0 Å². The number of thiophene rings is 1. The highest BCUT2D eigenvalue weighted by Gasteiger charge is 2.34. The van der Waals surface area contributed by atoms with Gasteiger partial charge in [0.15, 0.2) is 11.4 Å². The molecule has 2 atom stereocenters. The molecule has 9 aromatic carbocycles. The fraction of sp³-hybridized carbons (Fsp3) is 0.0714. The zero-order valence-corrected chi connectivity index (χ0v) is 34.2. The van der Waals surface area contributed by atoms with Crippen molar-refractivity contribution in [1.82, 2.24) is 4.57 Å². The maximum absolute atomic E-state index is 7.18. The molecule has 0 saturated carbocycles. The van der Waals surface area contributed by atoms with E-state index in [1.165, 1.54) is 47.3 Å². The van der Waals surface area contributed by atoms with Crippen LogP contribution in [0.5, 0.6) is 0 Å². The van der Waals surface area contributed by atoms with Crippen LogP contribution in [0.1, 0.15) is 36.1 Å². The quantitative estimate of drug-likeness (QED) is 0.171. The number of aromatic nitrogens is 1. The Labute approximate surface area is 355 Å². The standard InChI is InChI=1S/C56H37N3OS/c1-2-38-52(57-56(34-16-4-3-5-17-34)58-53(38)43-23-14-26-50-51(43)42-22-11-13-25-49(42)61-50)37-30-45-41-28-27-33-15-8-9-20-39(33)54(41)60-55(45)48(32-37)59-46-24-12-10-21-40(46)44-29-35-18-6-7-19-36(35)31-47(44)59/h3-32,38,52H,2H2,1H3. The molecule has 4 nitrogen and oxygen atoms in total. The van der Waals surface area contributed by atoms with E-state index in [0.717, 1.165) is 78.5 Å². The van der Waals surface area contributed by atoms with Crippen molar-refractivity contribution in [2.75, 3.05) is 0 Å². The maximum Gasteiger partial charge on any atom is 0.159 e. The Morgan fingerprint density at radius 1 is 0.541 bits per heavy atom. The largest absolute Gasteiger partial charge is 0.453 e. The van der Waals surface area contributed by atoms with Gasteiger partial charge in [-0.2, -0.15) is 0 Å². The number of benzene rings is 9. The van der Waals surface area contributed by atoms with Gasteiger partial charge in [0.2, 0.25) is 0 Å². The molecule has 0 bridgehead atoms. The van der Waals surface area contributed by atoms with E-state index in [1.807, 2.05) is 11.3 Å². The Bertz CT molecular complexity index is 3830. The molecule has 2 unspecified atom stereocenters. The summed E-state index contributed by atoms with van der Waals surface area (Å²) in [6.45, 7) is 2.29. The zero-order valence-electron chi connectivity index (χ0n) is 33.3. The highest BCUT2D eigenvalue weighted by atomic mass is 32.1. The molecule has 61 heavy (non-hydrogen) atoms. The predicted molar refractivity (Wildman–Crippen MR) is 258 cm³/mol. The van der Waals surface area contributed by atoms with Crippen LogP contribution in [-0.2, 0) is 0 Å². The summed E-state index contributed by atoms with van der Waals surface area (Å²) < 4.78 is 12.2. The molecule has 0 amide bonds. The van der Waals surface area contributed by atoms with Crippen LogP contribution in [0.25, 0.3) is 91.1 Å². The number of fused-ring (bicyclic) bond motifs is 12. The first-order chi connectivity index (χ1) is 30.2. The molecule has 1 aliphatic heterocycles. The fourth-order valence-corrected chi connectivity index (χ4v) is 11.3. The van der Waals surface area contributed by atoms with Crippen molar-refractivity contribution >= 4 is 108 Å². The number of furan rings is 1. The topological polar surface area (TPSA) is 42.8 Å². The lowest BCUT2D eigenvalue weighted by Gasteiger charge is -2.30. The van der Waals surface area contributed by atoms with Crippen molar-refractivity contribution < 1.29 is 4.42 Å². The van der Waals surface area contributed by atoms with Gasteiger partial charge in [0, 0.05) is 64.1 Å². The monoisotopic (exact) mass is 799 g/mol. The third-order valence-corrected chi connectivity index (χ3v) is 14.1. The molecule has 0 spiro atoms. The average Bonchev–Trinajstić information content (AvgIpc) is 4.00. The van der Waals surface area contributed by atoms with Crippen molar-refractivity contribution in [2.24, 2.45) is 15.9 Å². The Kier molecular flexibility index (Phi) is 7.55. The van der Waals surface area contributed by atoms with Gasteiger partial charge >= 0.3 is 0 Å². The van der Waals surface area contributed by atoms with E-state index in [-0.39, 0.29) is 12.0 Å². The maximum atomic E-state index is 7.18.